The average molecular weight is 241 g/mol. The molecule has 0 bridgehead atoms. The Morgan fingerprint density at radius 1 is 1.35 bits per heavy atom. The van der Waals surface area contributed by atoms with Crippen molar-refractivity contribution >= 4 is 5.97 Å². The number of nitrogens with zero attached hydrogens (tertiary/aromatic N) is 1. The first-order chi connectivity index (χ1) is 8.04. The Balaban J connectivity index is 1.83. The van der Waals surface area contributed by atoms with E-state index in [-0.39, 0.29) is 12.3 Å². The lowest BCUT2D eigenvalue weighted by molar-refractivity contribution is -0.139. The molecule has 1 aromatic carbocycles. The number of hydrogen-bond donors (Lipinski definition) is 1. The fourth-order valence-corrected chi connectivity index (χ4v) is 2.08. The van der Waals surface area contributed by atoms with Crippen LogP contribution in [-0.2, 0) is 11.3 Å². The highest BCUT2D eigenvalue weighted by Crippen LogP contribution is 2.21. The first-order valence-electron chi connectivity index (χ1n) is 5.42. The predicted octanol–water partition coefficient (Wildman–Crippen LogP) is 1.87. The number of benzene rings is 1. The number of rotatable bonds is 4. The Labute approximate surface area is 97.7 Å². The van der Waals surface area contributed by atoms with Crippen LogP contribution in [-0.4, -0.2) is 29.1 Å². The van der Waals surface area contributed by atoms with Crippen molar-refractivity contribution in [1.29, 1.82) is 0 Å². The van der Waals surface area contributed by atoms with Crippen molar-refractivity contribution in [2.75, 3.05) is 13.1 Å². The van der Waals surface area contributed by atoms with E-state index in [0.717, 1.165) is 6.07 Å². The van der Waals surface area contributed by atoms with Gasteiger partial charge >= 0.3 is 5.97 Å². The SMILES string of the molecule is O=C(O)CC1CN(Cc2ccc(F)c(F)c2)C1. The molecular formula is C12H13F2NO2. The molecule has 0 atom stereocenters. The number of aliphatic carboxylic acids is 1. The molecule has 2 rings (SSSR count). The maximum atomic E-state index is 12.9. The molecule has 0 spiro atoms. The number of hydrogen-bond acceptors (Lipinski definition) is 2. The summed E-state index contributed by atoms with van der Waals surface area (Å²) in [5.41, 5.74) is 0.706. The van der Waals surface area contributed by atoms with Crippen LogP contribution in [0.5, 0.6) is 0 Å². The van der Waals surface area contributed by atoms with Crippen molar-refractivity contribution in [2.24, 2.45) is 5.92 Å². The van der Waals surface area contributed by atoms with Crippen LogP contribution in [0.1, 0.15) is 12.0 Å². The average Bonchev–Trinajstić information content (AvgIpc) is 2.19. The van der Waals surface area contributed by atoms with Crippen LogP contribution < -0.4 is 0 Å². The molecule has 0 saturated carbocycles. The molecule has 17 heavy (non-hydrogen) atoms. The van der Waals surface area contributed by atoms with Crippen LogP contribution in [0, 0.1) is 17.6 Å². The first-order valence-corrected chi connectivity index (χ1v) is 5.42. The van der Waals surface area contributed by atoms with Gasteiger partial charge in [-0.15, -0.1) is 0 Å². The lowest BCUT2D eigenvalue weighted by atomic mass is 9.96. The Hall–Kier alpha value is -1.49. The highest BCUT2D eigenvalue weighted by molar-refractivity contribution is 5.67. The van der Waals surface area contributed by atoms with Crippen molar-refractivity contribution in [1.82, 2.24) is 4.90 Å². The Morgan fingerprint density at radius 3 is 2.65 bits per heavy atom. The van der Waals surface area contributed by atoms with E-state index in [1.165, 1.54) is 6.07 Å². The molecule has 1 heterocycles. The van der Waals surface area contributed by atoms with Gasteiger partial charge in [-0.1, -0.05) is 6.07 Å². The maximum absolute atomic E-state index is 12.9. The third-order valence-electron chi connectivity index (χ3n) is 2.89. The van der Waals surface area contributed by atoms with E-state index in [9.17, 15) is 13.6 Å². The second-order valence-electron chi connectivity index (χ2n) is 4.41. The number of likely N-dealkylation sites (tertiary alicyclic amines) is 1. The van der Waals surface area contributed by atoms with Crippen LogP contribution in [0.3, 0.4) is 0 Å². The van der Waals surface area contributed by atoms with Crippen molar-refractivity contribution in [3.8, 4) is 0 Å². The summed E-state index contributed by atoms with van der Waals surface area (Å²) in [6.45, 7) is 1.93. The molecule has 1 aliphatic rings. The zero-order chi connectivity index (χ0) is 12.4. The Morgan fingerprint density at radius 2 is 2.06 bits per heavy atom. The van der Waals surface area contributed by atoms with E-state index < -0.39 is 17.6 Å². The molecule has 0 unspecified atom stereocenters. The Kier molecular flexibility index (Phi) is 3.38. The van der Waals surface area contributed by atoms with Crippen LogP contribution in [0.25, 0.3) is 0 Å². The summed E-state index contributed by atoms with van der Waals surface area (Å²) < 4.78 is 25.6. The molecule has 1 N–H and O–H groups in total. The zero-order valence-electron chi connectivity index (χ0n) is 9.20. The van der Waals surface area contributed by atoms with Crippen molar-refractivity contribution < 1.29 is 18.7 Å². The van der Waals surface area contributed by atoms with Gasteiger partial charge in [-0.3, -0.25) is 9.69 Å². The monoisotopic (exact) mass is 241 g/mol. The molecule has 0 amide bonds. The fraction of sp³-hybridized carbons (Fsp3) is 0.417. The Bertz CT molecular complexity index is 431. The first kappa shape index (κ1) is 12.0. The van der Waals surface area contributed by atoms with Crippen LogP contribution >= 0.6 is 0 Å². The van der Waals surface area contributed by atoms with Gasteiger partial charge < -0.3 is 5.11 Å². The topological polar surface area (TPSA) is 40.5 Å². The summed E-state index contributed by atoms with van der Waals surface area (Å²) in [5.74, 6) is -2.30. The highest BCUT2D eigenvalue weighted by Gasteiger charge is 2.28. The number of halogens is 2. The van der Waals surface area contributed by atoms with E-state index in [1.807, 2.05) is 4.90 Å². The van der Waals surface area contributed by atoms with E-state index in [1.54, 1.807) is 6.07 Å². The van der Waals surface area contributed by atoms with Gasteiger partial charge in [0.15, 0.2) is 11.6 Å². The molecule has 5 heteroatoms. The second kappa shape index (κ2) is 4.79. The molecule has 0 radical (unpaired) electrons. The van der Waals surface area contributed by atoms with Gasteiger partial charge in [0, 0.05) is 19.6 Å². The summed E-state index contributed by atoms with van der Waals surface area (Å²) in [5, 5.41) is 8.58. The largest absolute Gasteiger partial charge is 0.481 e. The summed E-state index contributed by atoms with van der Waals surface area (Å²) in [4.78, 5) is 12.5. The molecule has 1 saturated heterocycles. The van der Waals surface area contributed by atoms with Gasteiger partial charge in [0.2, 0.25) is 0 Å². The zero-order valence-corrected chi connectivity index (χ0v) is 9.20. The summed E-state index contributed by atoms with van der Waals surface area (Å²) >= 11 is 0. The maximum Gasteiger partial charge on any atom is 0.303 e. The van der Waals surface area contributed by atoms with Crippen LogP contribution in [0.15, 0.2) is 18.2 Å². The minimum absolute atomic E-state index is 0.175. The van der Waals surface area contributed by atoms with E-state index >= 15 is 0 Å². The highest BCUT2D eigenvalue weighted by atomic mass is 19.2. The molecule has 1 aliphatic heterocycles. The minimum Gasteiger partial charge on any atom is -0.481 e. The smallest absolute Gasteiger partial charge is 0.303 e. The molecule has 0 aliphatic carbocycles. The van der Waals surface area contributed by atoms with Gasteiger partial charge in [0.1, 0.15) is 0 Å². The van der Waals surface area contributed by atoms with E-state index in [4.69, 9.17) is 5.11 Å². The fourth-order valence-electron chi connectivity index (χ4n) is 2.08. The van der Waals surface area contributed by atoms with Gasteiger partial charge in [0.05, 0.1) is 6.42 Å². The third-order valence-corrected chi connectivity index (χ3v) is 2.89. The summed E-state index contributed by atoms with van der Waals surface area (Å²) in [6.07, 6.45) is 0.175. The van der Waals surface area contributed by atoms with Crippen LogP contribution in [0.2, 0.25) is 0 Å². The van der Waals surface area contributed by atoms with Gasteiger partial charge in [-0.2, -0.15) is 0 Å². The van der Waals surface area contributed by atoms with Crippen molar-refractivity contribution in [2.45, 2.75) is 13.0 Å². The predicted molar refractivity (Wildman–Crippen MR) is 57.4 cm³/mol. The van der Waals surface area contributed by atoms with E-state index in [2.05, 4.69) is 0 Å². The summed E-state index contributed by atoms with van der Waals surface area (Å²) in [6, 6.07) is 3.84. The van der Waals surface area contributed by atoms with Gasteiger partial charge in [-0.25, -0.2) is 8.78 Å². The molecule has 92 valence electrons. The summed E-state index contributed by atoms with van der Waals surface area (Å²) in [7, 11) is 0. The van der Waals surface area contributed by atoms with Crippen molar-refractivity contribution in [3.63, 3.8) is 0 Å². The van der Waals surface area contributed by atoms with E-state index in [0.29, 0.717) is 25.2 Å². The van der Waals surface area contributed by atoms with Crippen LogP contribution in [0.4, 0.5) is 8.78 Å². The lowest BCUT2D eigenvalue weighted by Gasteiger charge is -2.38. The normalized spacial score (nSPS) is 16.8. The quantitative estimate of drug-likeness (QED) is 0.874. The number of carboxylic acid groups (broad SMARTS) is 1. The molecular weight excluding hydrogens is 228 g/mol. The number of carboxylic acids is 1. The standard InChI is InChI=1S/C12H13F2NO2/c13-10-2-1-8(3-11(10)14)5-15-6-9(7-15)4-12(16)17/h1-3,9H,4-7H2,(H,16,17). The molecule has 3 nitrogen and oxygen atoms in total. The van der Waals surface area contributed by atoms with Gasteiger partial charge in [0.25, 0.3) is 0 Å². The molecule has 1 fully saturated rings. The number of carbonyl (C=O) groups is 1. The second-order valence-corrected chi connectivity index (χ2v) is 4.41. The third kappa shape index (κ3) is 3.00. The lowest BCUT2D eigenvalue weighted by Crippen LogP contribution is -2.46. The van der Waals surface area contributed by atoms with Crippen molar-refractivity contribution in [3.05, 3.63) is 35.4 Å². The minimum atomic E-state index is -0.846. The van der Waals surface area contributed by atoms with Gasteiger partial charge in [-0.05, 0) is 23.6 Å². The molecule has 0 aromatic heterocycles. The molecule has 1 aromatic rings.